The van der Waals surface area contributed by atoms with Gasteiger partial charge in [0.1, 0.15) is 0 Å². The van der Waals surface area contributed by atoms with E-state index in [0.717, 1.165) is 30.6 Å². The topological polar surface area (TPSA) is 45.7 Å². The zero-order chi connectivity index (χ0) is 16.7. The third-order valence-electron chi connectivity index (χ3n) is 5.16. The maximum Gasteiger partial charge on any atom is 0.255 e. The van der Waals surface area contributed by atoms with Crippen molar-refractivity contribution in [2.45, 2.75) is 6.10 Å². The normalized spacial score (nSPS) is 26.3. The molecular formula is C19H23N3O2. The van der Waals surface area contributed by atoms with Crippen LogP contribution < -0.4 is 0 Å². The first-order chi connectivity index (χ1) is 11.6. The van der Waals surface area contributed by atoms with Crippen LogP contribution in [0.1, 0.15) is 10.4 Å². The van der Waals surface area contributed by atoms with Crippen LogP contribution >= 0.6 is 0 Å². The molecule has 5 nitrogen and oxygen atoms in total. The molecule has 1 aromatic heterocycles. The van der Waals surface area contributed by atoms with Gasteiger partial charge in [0.2, 0.25) is 0 Å². The number of para-hydroxylation sites is 1. The summed E-state index contributed by atoms with van der Waals surface area (Å²) in [6.45, 7) is 3.31. The van der Waals surface area contributed by atoms with Gasteiger partial charge in [-0.05, 0) is 26.2 Å². The quantitative estimate of drug-likeness (QED) is 0.864. The van der Waals surface area contributed by atoms with Gasteiger partial charge in [-0.1, -0.05) is 18.2 Å². The highest BCUT2D eigenvalue weighted by Crippen LogP contribution is 2.34. The second-order valence-electron chi connectivity index (χ2n) is 7.18. The monoisotopic (exact) mass is 325 g/mol. The summed E-state index contributed by atoms with van der Waals surface area (Å²) in [5.74, 6) is 1.03. The van der Waals surface area contributed by atoms with E-state index in [4.69, 9.17) is 4.74 Å². The molecule has 1 amide bonds. The highest BCUT2D eigenvalue weighted by Gasteiger charge is 2.45. The van der Waals surface area contributed by atoms with E-state index >= 15 is 0 Å². The molecule has 3 heterocycles. The summed E-state index contributed by atoms with van der Waals surface area (Å²) in [5, 5.41) is 1.00. The number of fused-ring (bicyclic) bond motifs is 2. The third-order valence-corrected chi connectivity index (χ3v) is 5.16. The van der Waals surface area contributed by atoms with Crippen LogP contribution in [0.15, 0.2) is 36.5 Å². The van der Waals surface area contributed by atoms with Crippen LogP contribution in [0.25, 0.3) is 10.9 Å². The van der Waals surface area contributed by atoms with Crippen molar-refractivity contribution in [1.29, 1.82) is 0 Å². The maximum atomic E-state index is 12.9. The van der Waals surface area contributed by atoms with Gasteiger partial charge < -0.3 is 14.5 Å². The molecule has 0 aliphatic carbocycles. The lowest BCUT2D eigenvalue weighted by molar-refractivity contribution is 0.0671. The summed E-state index contributed by atoms with van der Waals surface area (Å²) >= 11 is 0. The number of likely N-dealkylation sites (tertiary alicyclic amines) is 1. The van der Waals surface area contributed by atoms with Crippen molar-refractivity contribution in [3.05, 3.63) is 42.1 Å². The van der Waals surface area contributed by atoms with Gasteiger partial charge in [-0.2, -0.15) is 0 Å². The van der Waals surface area contributed by atoms with Crippen LogP contribution in [-0.4, -0.2) is 67.1 Å². The zero-order valence-electron chi connectivity index (χ0n) is 14.2. The van der Waals surface area contributed by atoms with Crippen molar-refractivity contribution in [3.63, 3.8) is 0 Å². The molecule has 3 atom stereocenters. The summed E-state index contributed by atoms with van der Waals surface area (Å²) in [5.41, 5.74) is 1.58. The van der Waals surface area contributed by atoms with E-state index in [1.807, 2.05) is 35.2 Å². The molecule has 24 heavy (non-hydrogen) atoms. The van der Waals surface area contributed by atoms with Gasteiger partial charge in [-0.3, -0.25) is 9.78 Å². The van der Waals surface area contributed by atoms with Crippen LogP contribution in [0.2, 0.25) is 0 Å². The van der Waals surface area contributed by atoms with Crippen LogP contribution in [0.5, 0.6) is 0 Å². The molecule has 2 aliphatic rings. The van der Waals surface area contributed by atoms with E-state index in [1.165, 1.54) is 0 Å². The Balaban J connectivity index is 1.51. The summed E-state index contributed by atoms with van der Waals surface area (Å²) in [6, 6.07) is 9.83. The Hall–Kier alpha value is -1.98. The minimum atomic E-state index is 0.0647. The second-order valence-corrected chi connectivity index (χ2v) is 7.18. The Bertz CT molecular complexity index is 761. The fourth-order valence-corrected chi connectivity index (χ4v) is 3.99. The van der Waals surface area contributed by atoms with Gasteiger partial charge in [0, 0.05) is 43.1 Å². The van der Waals surface area contributed by atoms with E-state index in [1.54, 1.807) is 6.20 Å². The number of aromatic nitrogens is 1. The minimum absolute atomic E-state index is 0.0647. The van der Waals surface area contributed by atoms with Gasteiger partial charge in [0.05, 0.1) is 23.8 Å². The Morgan fingerprint density at radius 3 is 3.00 bits per heavy atom. The molecular weight excluding hydrogens is 302 g/mol. The minimum Gasteiger partial charge on any atom is -0.376 e. The number of nitrogens with zero attached hydrogens (tertiary/aromatic N) is 3. The van der Waals surface area contributed by atoms with Crippen molar-refractivity contribution >= 4 is 16.8 Å². The highest BCUT2D eigenvalue weighted by atomic mass is 16.5. The predicted octanol–water partition coefficient (Wildman–Crippen LogP) is 1.88. The van der Waals surface area contributed by atoms with Crippen LogP contribution in [0.3, 0.4) is 0 Å². The number of carbonyl (C=O) groups is 1. The maximum absolute atomic E-state index is 12.9. The highest BCUT2D eigenvalue weighted by molar-refractivity contribution is 5.97. The lowest BCUT2D eigenvalue weighted by atomic mass is 9.93. The van der Waals surface area contributed by atoms with E-state index in [2.05, 4.69) is 24.0 Å². The van der Waals surface area contributed by atoms with Gasteiger partial charge in [-0.15, -0.1) is 0 Å². The predicted molar refractivity (Wildman–Crippen MR) is 92.9 cm³/mol. The molecule has 5 heteroatoms. The number of amides is 1. The lowest BCUT2D eigenvalue weighted by Crippen LogP contribution is -2.33. The smallest absolute Gasteiger partial charge is 0.255 e. The number of hydrogen-bond acceptors (Lipinski definition) is 4. The number of pyridine rings is 1. The molecule has 126 valence electrons. The molecule has 0 N–H and O–H groups in total. The molecule has 2 saturated heterocycles. The Kier molecular flexibility index (Phi) is 3.98. The van der Waals surface area contributed by atoms with Crippen molar-refractivity contribution in [3.8, 4) is 0 Å². The Labute approximate surface area is 142 Å². The molecule has 0 saturated carbocycles. The summed E-state index contributed by atoms with van der Waals surface area (Å²) in [6.07, 6.45) is 1.88. The van der Waals surface area contributed by atoms with Crippen molar-refractivity contribution in [2.24, 2.45) is 11.8 Å². The average Bonchev–Trinajstić information content (AvgIpc) is 3.15. The first kappa shape index (κ1) is 15.5. The second kappa shape index (κ2) is 6.15. The van der Waals surface area contributed by atoms with Gasteiger partial charge in [-0.25, -0.2) is 0 Å². The summed E-state index contributed by atoms with van der Waals surface area (Å²) in [4.78, 5) is 21.4. The van der Waals surface area contributed by atoms with Crippen molar-refractivity contribution in [1.82, 2.24) is 14.8 Å². The summed E-state index contributed by atoms with van der Waals surface area (Å²) in [7, 11) is 4.18. The zero-order valence-corrected chi connectivity index (χ0v) is 14.2. The molecule has 1 aromatic carbocycles. The molecule has 2 aliphatic heterocycles. The third kappa shape index (κ3) is 2.78. The Morgan fingerprint density at radius 2 is 2.17 bits per heavy atom. The van der Waals surface area contributed by atoms with Gasteiger partial charge in [0.25, 0.3) is 5.91 Å². The standard InChI is InChI=1S/C19H23N3O2/c1-21(2)9-15-12-24-18-11-22(10-16(15)18)19(23)14-7-13-5-3-4-6-17(13)20-8-14/h3-8,15-16,18H,9-12H2,1-2H3/t15-,16-,18-/m1/s1. The largest absolute Gasteiger partial charge is 0.376 e. The fourth-order valence-electron chi connectivity index (χ4n) is 3.99. The van der Waals surface area contributed by atoms with Crippen LogP contribution in [0, 0.1) is 11.8 Å². The number of rotatable bonds is 3. The fraction of sp³-hybridized carbons (Fsp3) is 0.474. The first-order valence-corrected chi connectivity index (χ1v) is 8.52. The number of hydrogen-bond donors (Lipinski definition) is 0. The number of benzene rings is 1. The van der Waals surface area contributed by atoms with Gasteiger partial charge in [0.15, 0.2) is 0 Å². The molecule has 0 spiro atoms. The molecule has 0 unspecified atom stereocenters. The molecule has 4 rings (SSSR count). The SMILES string of the molecule is CN(C)C[C@@H]1CO[C@@H]2CN(C(=O)c3cnc4ccccc4c3)C[C@H]12. The molecule has 0 radical (unpaired) electrons. The average molecular weight is 325 g/mol. The van der Waals surface area contributed by atoms with E-state index in [-0.39, 0.29) is 12.0 Å². The number of ether oxygens (including phenoxy) is 1. The van der Waals surface area contributed by atoms with Gasteiger partial charge >= 0.3 is 0 Å². The van der Waals surface area contributed by atoms with E-state index in [0.29, 0.717) is 23.9 Å². The lowest BCUT2D eigenvalue weighted by Gasteiger charge is -2.22. The molecule has 2 aromatic rings. The van der Waals surface area contributed by atoms with Crippen LogP contribution in [0.4, 0.5) is 0 Å². The molecule has 2 fully saturated rings. The number of carbonyl (C=O) groups excluding carboxylic acids is 1. The Morgan fingerprint density at radius 1 is 1.33 bits per heavy atom. The first-order valence-electron chi connectivity index (χ1n) is 8.52. The van der Waals surface area contributed by atoms with E-state index < -0.39 is 0 Å². The van der Waals surface area contributed by atoms with Crippen LogP contribution in [-0.2, 0) is 4.74 Å². The van der Waals surface area contributed by atoms with Crippen molar-refractivity contribution < 1.29 is 9.53 Å². The summed E-state index contributed by atoms with van der Waals surface area (Å²) < 4.78 is 5.94. The molecule has 0 bridgehead atoms. The van der Waals surface area contributed by atoms with Crippen molar-refractivity contribution in [2.75, 3.05) is 40.3 Å². The van der Waals surface area contributed by atoms with E-state index in [9.17, 15) is 4.79 Å².